The van der Waals surface area contributed by atoms with Crippen LogP contribution in [0.4, 0.5) is 21.8 Å². The van der Waals surface area contributed by atoms with E-state index in [1.807, 2.05) is 6.07 Å². The van der Waals surface area contributed by atoms with Crippen molar-refractivity contribution in [3.8, 4) is 11.3 Å². The molecule has 1 unspecified atom stereocenters. The third kappa shape index (κ3) is 3.96. The Balaban J connectivity index is 1.96. The van der Waals surface area contributed by atoms with Crippen LogP contribution < -0.4 is 15.3 Å². The van der Waals surface area contributed by atoms with E-state index in [1.54, 1.807) is 44.2 Å². The Morgan fingerprint density at radius 2 is 1.88 bits per heavy atom. The molecule has 9 heteroatoms. The molecule has 1 atom stereocenters. The minimum atomic E-state index is -1.10. The lowest BCUT2D eigenvalue weighted by Gasteiger charge is -2.44. The number of para-hydroxylation sites is 1. The lowest BCUT2D eigenvalue weighted by Crippen LogP contribution is -2.50. The predicted molar refractivity (Wildman–Crippen MR) is 121 cm³/mol. The Kier molecular flexibility index (Phi) is 5.93. The molecule has 0 radical (unpaired) electrons. The molecule has 0 fully saturated rings. The second kappa shape index (κ2) is 8.53. The summed E-state index contributed by atoms with van der Waals surface area (Å²) in [5.41, 5.74) is 1.85. The number of halogens is 1. The van der Waals surface area contributed by atoms with Crippen LogP contribution >= 0.6 is 0 Å². The van der Waals surface area contributed by atoms with Crippen LogP contribution in [0.1, 0.15) is 18.1 Å². The number of hydrogen-bond donors (Lipinski definition) is 4. The molecule has 1 aliphatic rings. The zero-order chi connectivity index (χ0) is 22.9. The Hall–Kier alpha value is -2.95. The third-order valence-electron chi connectivity index (χ3n) is 5.69. The highest BCUT2D eigenvalue weighted by Crippen LogP contribution is 2.41. The molecule has 0 spiro atoms. The summed E-state index contributed by atoms with van der Waals surface area (Å²) in [5, 5.41) is 39.7. The summed E-state index contributed by atoms with van der Waals surface area (Å²) >= 11 is 0. The van der Waals surface area contributed by atoms with Gasteiger partial charge in [0.25, 0.3) is 0 Å². The van der Waals surface area contributed by atoms with E-state index in [0.29, 0.717) is 34.6 Å². The van der Waals surface area contributed by atoms with E-state index in [2.05, 4.69) is 20.6 Å². The number of anilines is 1. The van der Waals surface area contributed by atoms with Crippen LogP contribution in [0.15, 0.2) is 48.5 Å². The highest BCUT2D eigenvalue weighted by molar-refractivity contribution is 5.75. The van der Waals surface area contributed by atoms with Crippen molar-refractivity contribution in [1.29, 1.82) is 0 Å². The molecule has 1 aliphatic heterocycles. The summed E-state index contributed by atoms with van der Waals surface area (Å²) in [5.74, 6) is -0.00863. The van der Waals surface area contributed by atoms with Gasteiger partial charge in [-0.3, -0.25) is 9.96 Å². The number of aromatic nitrogens is 2. The number of rotatable bonds is 6. The summed E-state index contributed by atoms with van der Waals surface area (Å²) in [6.07, 6.45) is 0. The van der Waals surface area contributed by atoms with Crippen molar-refractivity contribution in [3.63, 3.8) is 0 Å². The Labute approximate surface area is 185 Å². The molecule has 8 nitrogen and oxygen atoms in total. The number of fused-ring (bicyclic) bond motifs is 1. The van der Waals surface area contributed by atoms with Crippen LogP contribution in [0.3, 0.4) is 0 Å². The van der Waals surface area contributed by atoms with Crippen molar-refractivity contribution in [3.05, 3.63) is 70.7 Å². The number of hydroxylamine groups is 1. The summed E-state index contributed by atoms with van der Waals surface area (Å²) in [4.78, 5) is 9.19. The second-order valence-corrected chi connectivity index (χ2v) is 8.32. The van der Waals surface area contributed by atoms with E-state index in [4.69, 9.17) is 0 Å². The van der Waals surface area contributed by atoms with Crippen LogP contribution in [0.25, 0.3) is 11.3 Å². The molecule has 168 valence electrons. The SMILES string of the molecule is Cc1cc(F)ccc1-c1nc(NC(C)(CO)CO)nc2c1CNC[N+]2([O-])c1ccccc1. The number of hydrogen-bond acceptors (Lipinski definition) is 7. The van der Waals surface area contributed by atoms with Gasteiger partial charge in [0.05, 0.1) is 30.0 Å². The highest BCUT2D eigenvalue weighted by atomic mass is 19.1. The second-order valence-electron chi connectivity index (χ2n) is 8.32. The molecule has 2 aromatic carbocycles. The molecule has 3 aromatic rings. The molecule has 4 N–H and O–H groups in total. The molecule has 0 saturated heterocycles. The van der Waals surface area contributed by atoms with Crippen molar-refractivity contribution >= 4 is 17.5 Å². The van der Waals surface area contributed by atoms with Crippen LogP contribution in [0.2, 0.25) is 0 Å². The number of nitrogens with one attached hydrogen (secondary N) is 2. The maximum Gasteiger partial charge on any atom is 0.243 e. The van der Waals surface area contributed by atoms with Gasteiger partial charge in [0.2, 0.25) is 11.8 Å². The van der Waals surface area contributed by atoms with Gasteiger partial charge >= 0.3 is 0 Å². The van der Waals surface area contributed by atoms with E-state index in [0.717, 1.165) is 0 Å². The number of nitrogens with zero attached hydrogens (tertiary/aromatic N) is 3. The minimum absolute atomic E-state index is 0.0760. The van der Waals surface area contributed by atoms with E-state index in [-0.39, 0.29) is 37.5 Å². The standard InChI is InChI=1S/C23H26FN5O3/c1-15-10-16(24)8-9-18(15)20-19-11-25-14-29(32,17-6-4-3-5-7-17)21(19)27-22(26-20)28-23(2,12-30)13-31/h3-10,25,30-31H,11-14H2,1-2H3,(H,26,27,28). The summed E-state index contributed by atoms with van der Waals surface area (Å²) in [6, 6.07) is 13.3. The highest BCUT2D eigenvalue weighted by Gasteiger charge is 2.36. The fourth-order valence-corrected chi connectivity index (χ4v) is 3.80. The molecular formula is C23H26FN5O3. The zero-order valence-corrected chi connectivity index (χ0v) is 18.0. The van der Waals surface area contributed by atoms with Gasteiger partial charge in [-0.2, -0.15) is 4.98 Å². The predicted octanol–water partition coefficient (Wildman–Crippen LogP) is 2.94. The van der Waals surface area contributed by atoms with Crippen molar-refractivity contribution < 1.29 is 14.6 Å². The van der Waals surface area contributed by atoms with Gasteiger partial charge in [-0.05, 0) is 49.7 Å². The van der Waals surface area contributed by atoms with Gasteiger partial charge in [0, 0.05) is 12.1 Å². The molecular weight excluding hydrogens is 413 g/mol. The van der Waals surface area contributed by atoms with Crippen LogP contribution in [-0.2, 0) is 6.54 Å². The van der Waals surface area contributed by atoms with E-state index >= 15 is 0 Å². The molecule has 0 saturated carbocycles. The fourth-order valence-electron chi connectivity index (χ4n) is 3.80. The molecule has 0 aliphatic carbocycles. The number of aliphatic hydroxyl groups is 2. The van der Waals surface area contributed by atoms with E-state index in [1.165, 1.54) is 12.1 Å². The van der Waals surface area contributed by atoms with Crippen molar-refractivity contribution in [2.24, 2.45) is 0 Å². The fraction of sp³-hybridized carbons (Fsp3) is 0.304. The number of aliphatic hydroxyl groups excluding tert-OH is 2. The van der Waals surface area contributed by atoms with E-state index < -0.39 is 10.2 Å². The number of aryl methyl sites for hydroxylation is 1. The van der Waals surface area contributed by atoms with Crippen LogP contribution in [0.5, 0.6) is 0 Å². The van der Waals surface area contributed by atoms with Crippen molar-refractivity contribution in [2.45, 2.75) is 25.9 Å². The molecule has 0 bridgehead atoms. The van der Waals surface area contributed by atoms with Crippen LogP contribution in [-0.4, -0.2) is 45.6 Å². The van der Waals surface area contributed by atoms with Gasteiger partial charge in [-0.25, -0.2) is 9.37 Å². The lowest BCUT2D eigenvalue weighted by atomic mass is 9.99. The molecule has 4 rings (SSSR count). The summed E-state index contributed by atoms with van der Waals surface area (Å²) in [7, 11) is 0. The largest absolute Gasteiger partial charge is 0.620 e. The first-order valence-electron chi connectivity index (χ1n) is 10.3. The normalized spacial score (nSPS) is 18.3. The average molecular weight is 439 g/mol. The van der Waals surface area contributed by atoms with E-state index in [9.17, 15) is 19.8 Å². The first kappa shape index (κ1) is 22.3. The lowest BCUT2D eigenvalue weighted by molar-refractivity contribution is 0.147. The first-order valence-corrected chi connectivity index (χ1v) is 10.3. The number of quaternary nitrogens is 1. The van der Waals surface area contributed by atoms with Crippen molar-refractivity contribution in [2.75, 3.05) is 25.2 Å². The summed E-state index contributed by atoms with van der Waals surface area (Å²) in [6.45, 7) is 3.11. The first-order chi connectivity index (χ1) is 15.3. The smallest absolute Gasteiger partial charge is 0.243 e. The number of benzene rings is 2. The summed E-state index contributed by atoms with van der Waals surface area (Å²) < 4.78 is 12.9. The third-order valence-corrected chi connectivity index (χ3v) is 5.69. The monoisotopic (exact) mass is 439 g/mol. The van der Waals surface area contributed by atoms with Crippen LogP contribution in [0, 0.1) is 17.9 Å². The van der Waals surface area contributed by atoms with Gasteiger partial charge in [0.1, 0.15) is 18.2 Å². The Morgan fingerprint density at radius 1 is 1.16 bits per heavy atom. The van der Waals surface area contributed by atoms with Gasteiger partial charge < -0.3 is 20.7 Å². The average Bonchev–Trinajstić information content (AvgIpc) is 2.80. The quantitative estimate of drug-likeness (QED) is 0.345. The van der Waals surface area contributed by atoms with Gasteiger partial charge in [0.15, 0.2) is 0 Å². The van der Waals surface area contributed by atoms with Gasteiger partial charge in [-0.1, -0.05) is 18.2 Å². The van der Waals surface area contributed by atoms with Gasteiger partial charge in [-0.15, -0.1) is 0 Å². The minimum Gasteiger partial charge on any atom is -0.620 e. The molecule has 2 heterocycles. The topological polar surface area (TPSA) is 113 Å². The van der Waals surface area contributed by atoms with Crippen molar-refractivity contribution in [1.82, 2.24) is 19.9 Å². The molecule has 1 aromatic heterocycles. The zero-order valence-electron chi connectivity index (χ0n) is 18.0. The maximum absolute atomic E-state index is 14.1. The Morgan fingerprint density at radius 3 is 2.53 bits per heavy atom. The maximum atomic E-state index is 14.1. The Bertz CT molecular complexity index is 1120. The molecule has 32 heavy (non-hydrogen) atoms. The molecule has 0 amide bonds.